The molecular weight excluding hydrogens is 150 g/mol. The highest BCUT2D eigenvalue weighted by Gasteiger charge is 2.23. The third-order valence-electron chi connectivity index (χ3n) is 2.62. The molecule has 0 unspecified atom stereocenters. The van der Waals surface area contributed by atoms with E-state index in [2.05, 4.69) is 32.7 Å². The highest BCUT2D eigenvalue weighted by Crippen LogP contribution is 2.19. The van der Waals surface area contributed by atoms with Crippen LogP contribution in [0.1, 0.15) is 33.6 Å². The first-order valence-electron chi connectivity index (χ1n) is 4.95. The van der Waals surface area contributed by atoms with Gasteiger partial charge in [0, 0.05) is 12.6 Å². The molecule has 0 aromatic carbocycles. The first-order valence-corrected chi connectivity index (χ1v) is 4.95. The van der Waals surface area contributed by atoms with Crippen LogP contribution in [-0.4, -0.2) is 36.7 Å². The van der Waals surface area contributed by atoms with Crippen molar-refractivity contribution in [1.82, 2.24) is 4.90 Å². The molecule has 2 heteroatoms. The van der Waals surface area contributed by atoms with Gasteiger partial charge in [-0.2, -0.15) is 0 Å². The Labute approximate surface area is 75.9 Å². The van der Waals surface area contributed by atoms with Gasteiger partial charge in [-0.25, -0.2) is 0 Å². The summed E-state index contributed by atoms with van der Waals surface area (Å²) in [6.45, 7) is 7.68. The van der Waals surface area contributed by atoms with Gasteiger partial charge in [-0.1, -0.05) is 0 Å². The third-order valence-corrected chi connectivity index (χ3v) is 2.62. The summed E-state index contributed by atoms with van der Waals surface area (Å²) in [5.41, 5.74) is 0. The van der Waals surface area contributed by atoms with Crippen molar-refractivity contribution >= 4 is 0 Å². The molecule has 72 valence electrons. The summed E-state index contributed by atoms with van der Waals surface area (Å²) in [4.78, 5) is 2.40. The van der Waals surface area contributed by atoms with Crippen LogP contribution in [0.25, 0.3) is 0 Å². The summed E-state index contributed by atoms with van der Waals surface area (Å²) >= 11 is 0. The lowest BCUT2D eigenvalue weighted by atomic mass is 10.0. The van der Waals surface area contributed by atoms with Gasteiger partial charge in [-0.3, -0.25) is 0 Å². The van der Waals surface area contributed by atoms with Gasteiger partial charge in [0.15, 0.2) is 0 Å². The summed E-state index contributed by atoms with van der Waals surface area (Å²) in [6, 6.07) is 0.683. The van der Waals surface area contributed by atoms with Crippen molar-refractivity contribution in [3.05, 3.63) is 0 Å². The number of likely N-dealkylation sites (tertiary alicyclic amines) is 1. The maximum Gasteiger partial charge on any atom is 0.0605 e. The minimum atomic E-state index is 0.380. The molecule has 0 N–H and O–H groups in total. The van der Waals surface area contributed by atoms with Gasteiger partial charge in [0.05, 0.1) is 12.2 Å². The standard InChI is InChI=1S/C10H21NO/c1-8(2)12-10-5-6-11(4)9(3)7-10/h8-10H,5-7H2,1-4H3/t9-,10+/m0/s1. The van der Waals surface area contributed by atoms with Crippen molar-refractivity contribution < 1.29 is 4.74 Å². The first-order chi connectivity index (χ1) is 5.59. The van der Waals surface area contributed by atoms with Crippen LogP contribution >= 0.6 is 0 Å². The zero-order valence-corrected chi connectivity index (χ0v) is 8.71. The van der Waals surface area contributed by atoms with Gasteiger partial charge in [0.25, 0.3) is 0 Å². The van der Waals surface area contributed by atoms with Crippen LogP contribution in [-0.2, 0) is 4.74 Å². The fourth-order valence-electron chi connectivity index (χ4n) is 1.75. The molecular formula is C10H21NO. The van der Waals surface area contributed by atoms with Gasteiger partial charge in [0.1, 0.15) is 0 Å². The van der Waals surface area contributed by atoms with E-state index in [1.165, 1.54) is 19.4 Å². The normalized spacial score (nSPS) is 32.8. The Morgan fingerprint density at radius 2 is 2.08 bits per heavy atom. The minimum absolute atomic E-state index is 0.380. The maximum absolute atomic E-state index is 5.78. The predicted molar refractivity (Wildman–Crippen MR) is 51.3 cm³/mol. The Morgan fingerprint density at radius 3 is 2.58 bits per heavy atom. The molecule has 0 aromatic heterocycles. The molecule has 0 aromatic rings. The fraction of sp³-hybridized carbons (Fsp3) is 1.00. The number of hydrogen-bond donors (Lipinski definition) is 0. The molecule has 1 fully saturated rings. The second kappa shape index (κ2) is 4.24. The van der Waals surface area contributed by atoms with Crippen LogP contribution in [0, 0.1) is 0 Å². The highest BCUT2D eigenvalue weighted by atomic mass is 16.5. The van der Waals surface area contributed by atoms with Crippen molar-refractivity contribution in [3.63, 3.8) is 0 Å². The van der Waals surface area contributed by atoms with E-state index in [9.17, 15) is 0 Å². The van der Waals surface area contributed by atoms with E-state index in [-0.39, 0.29) is 0 Å². The van der Waals surface area contributed by atoms with E-state index in [1.807, 2.05) is 0 Å². The molecule has 0 aliphatic carbocycles. The zero-order chi connectivity index (χ0) is 9.14. The Balaban J connectivity index is 2.30. The summed E-state index contributed by atoms with van der Waals surface area (Å²) in [7, 11) is 2.19. The Bertz CT molecular complexity index is 136. The lowest BCUT2D eigenvalue weighted by molar-refractivity contribution is -0.0365. The molecule has 12 heavy (non-hydrogen) atoms. The monoisotopic (exact) mass is 171 g/mol. The summed E-state index contributed by atoms with van der Waals surface area (Å²) < 4.78 is 5.78. The maximum atomic E-state index is 5.78. The van der Waals surface area contributed by atoms with Crippen molar-refractivity contribution in [2.24, 2.45) is 0 Å². The molecule has 0 bridgehead atoms. The third kappa shape index (κ3) is 2.76. The van der Waals surface area contributed by atoms with Crippen molar-refractivity contribution in [1.29, 1.82) is 0 Å². The smallest absolute Gasteiger partial charge is 0.0605 e. The van der Waals surface area contributed by atoms with Gasteiger partial charge in [-0.15, -0.1) is 0 Å². The second-order valence-corrected chi connectivity index (χ2v) is 4.16. The molecule has 2 nitrogen and oxygen atoms in total. The first kappa shape index (κ1) is 10.0. The second-order valence-electron chi connectivity index (χ2n) is 4.16. The van der Waals surface area contributed by atoms with Crippen LogP contribution in [0.4, 0.5) is 0 Å². The number of piperidine rings is 1. The Kier molecular flexibility index (Phi) is 3.53. The topological polar surface area (TPSA) is 12.5 Å². The van der Waals surface area contributed by atoms with E-state index < -0.39 is 0 Å². The van der Waals surface area contributed by atoms with Crippen molar-refractivity contribution in [3.8, 4) is 0 Å². The highest BCUT2D eigenvalue weighted by molar-refractivity contribution is 4.77. The molecule has 1 aliphatic heterocycles. The molecule has 2 atom stereocenters. The number of rotatable bonds is 2. The van der Waals surface area contributed by atoms with E-state index in [4.69, 9.17) is 4.74 Å². The predicted octanol–water partition coefficient (Wildman–Crippen LogP) is 1.89. The largest absolute Gasteiger partial charge is 0.375 e. The van der Waals surface area contributed by atoms with Crippen LogP contribution in [0.15, 0.2) is 0 Å². The lowest BCUT2D eigenvalue weighted by Gasteiger charge is -2.35. The van der Waals surface area contributed by atoms with E-state index in [0.29, 0.717) is 18.2 Å². The van der Waals surface area contributed by atoms with Gasteiger partial charge in [0.2, 0.25) is 0 Å². The lowest BCUT2D eigenvalue weighted by Crippen LogP contribution is -2.41. The quantitative estimate of drug-likeness (QED) is 0.629. The molecule has 0 saturated carbocycles. The average molecular weight is 171 g/mol. The van der Waals surface area contributed by atoms with E-state index in [1.54, 1.807) is 0 Å². The van der Waals surface area contributed by atoms with Crippen LogP contribution in [0.5, 0.6) is 0 Å². The van der Waals surface area contributed by atoms with E-state index >= 15 is 0 Å². The van der Waals surface area contributed by atoms with Gasteiger partial charge < -0.3 is 9.64 Å². The summed E-state index contributed by atoms with van der Waals surface area (Å²) in [5.74, 6) is 0. The summed E-state index contributed by atoms with van der Waals surface area (Å²) in [6.07, 6.45) is 3.26. The molecule has 0 amide bonds. The van der Waals surface area contributed by atoms with E-state index in [0.717, 1.165) is 0 Å². The minimum Gasteiger partial charge on any atom is -0.375 e. The van der Waals surface area contributed by atoms with Gasteiger partial charge in [-0.05, 0) is 40.7 Å². The van der Waals surface area contributed by atoms with Crippen LogP contribution in [0.2, 0.25) is 0 Å². The Hall–Kier alpha value is -0.0800. The Morgan fingerprint density at radius 1 is 1.42 bits per heavy atom. The number of nitrogens with zero attached hydrogens (tertiary/aromatic N) is 1. The van der Waals surface area contributed by atoms with Crippen molar-refractivity contribution in [2.45, 2.75) is 51.9 Å². The molecule has 1 aliphatic rings. The molecule has 1 saturated heterocycles. The zero-order valence-electron chi connectivity index (χ0n) is 8.71. The average Bonchev–Trinajstić information content (AvgIpc) is 1.96. The SMILES string of the molecule is CC(C)O[C@@H]1CCN(C)[C@@H](C)C1. The molecule has 1 rings (SSSR count). The molecule has 0 spiro atoms. The number of hydrogen-bond acceptors (Lipinski definition) is 2. The molecule has 0 radical (unpaired) electrons. The van der Waals surface area contributed by atoms with Crippen LogP contribution < -0.4 is 0 Å². The van der Waals surface area contributed by atoms with Gasteiger partial charge >= 0.3 is 0 Å². The van der Waals surface area contributed by atoms with Crippen LogP contribution in [0.3, 0.4) is 0 Å². The summed E-state index contributed by atoms with van der Waals surface area (Å²) in [5, 5.41) is 0. The number of ether oxygens (including phenoxy) is 1. The molecule has 1 heterocycles. The van der Waals surface area contributed by atoms with Crippen molar-refractivity contribution in [2.75, 3.05) is 13.6 Å². The fourth-order valence-corrected chi connectivity index (χ4v) is 1.75.